The summed E-state index contributed by atoms with van der Waals surface area (Å²) in [7, 11) is 0. The Kier molecular flexibility index (Phi) is 2.83. The van der Waals surface area contributed by atoms with Crippen LogP contribution in [0.4, 0.5) is 0 Å². The van der Waals surface area contributed by atoms with Gasteiger partial charge in [0.2, 0.25) is 5.91 Å². The minimum atomic E-state index is 0.294. The largest absolute Gasteiger partial charge is 0.335 e. The Bertz CT molecular complexity index is 446. The normalized spacial score (nSPS) is 36.1. The van der Waals surface area contributed by atoms with E-state index in [1.807, 2.05) is 6.92 Å². The first-order valence-corrected chi connectivity index (χ1v) is 7.50. The van der Waals surface area contributed by atoms with Crippen molar-refractivity contribution in [1.29, 1.82) is 0 Å². The van der Waals surface area contributed by atoms with E-state index < -0.39 is 0 Å². The third kappa shape index (κ3) is 2.22. The van der Waals surface area contributed by atoms with E-state index in [1.54, 1.807) is 0 Å². The third-order valence-electron chi connectivity index (χ3n) is 5.20. The molecule has 3 heteroatoms. The van der Waals surface area contributed by atoms with Crippen molar-refractivity contribution < 1.29 is 4.79 Å². The van der Waals surface area contributed by atoms with Crippen molar-refractivity contribution in [1.82, 2.24) is 10.2 Å². The summed E-state index contributed by atoms with van der Waals surface area (Å²) in [6, 6.07) is 0.463. The molecule has 3 rings (SSSR count). The van der Waals surface area contributed by atoms with Gasteiger partial charge < -0.3 is 10.2 Å². The number of nitrogens with one attached hydrogen (secondary N) is 1. The number of carbonyl (C=O) groups is 1. The topological polar surface area (TPSA) is 32.3 Å². The van der Waals surface area contributed by atoms with Gasteiger partial charge in [-0.25, -0.2) is 0 Å². The molecular weight excluding hydrogens is 236 g/mol. The van der Waals surface area contributed by atoms with E-state index in [-0.39, 0.29) is 0 Å². The van der Waals surface area contributed by atoms with Crippen LogP contribution in [-0.4, -0.2) is 36.5 Å². The molecule has 3 fully saturated rings. The Labute approximate surface area is 116 Å². The lowest BCUT2D eigenvalue weighted by Crippen LogP contribution is -2.41. The Morgan fingerprint density at radius 2 is 1.95 bits per heavy atom. The molecule has 3 aliphatic rings. The number of hydrogen-bond acceptors (Lipinski definition) is 2. The molecule has 1 saturated carbocycles. The van der Waals surface area contributed by atoms with Crippen LogP contribution in [0.3, 0.4) is 0 Å². The van der Waals surface area contributed by atoms with Crippen LogP contribution in [0.5, 0.6) is 0 Å². The van der Waals surface area contributed by atoms with E-state index in [2.05, 4.69) is 31.0 Å². The summed E-state index contributed by atoms with van der Waals surface area (Å²) in [4.78, 5) is 14.9. The van der Waals surface area contributed by atoms with Gasteiger partial charge in [0.05, 0.1) is 0 Å². The van der Waals surface area contributed by atoms with Crippen molar-refractivity contribution in [2.45, 2.75) is 53.0 Å². The number of rotatable bonds is 1. The van der Waals surface area contributed by atoms with E-state index in [4.69, 9.17) is 0 Å². The van der Waals surface area contributed by atoms with Crippen LogP contribution in [0.2, 0.25) is 0 Å². The van der Waals surface area contributed by atoms with Gasteiger partial charge >= 0.3 is 0 Å². The van der Waals surface area contributed by atoms with Gasteiger partial charge in [0.25, 0.3) is 0 Å². The lowest BCUT2D eigenvalue weighted by atomic mass is 9.65. The molecule has 0 spiro atoms. The summed E-state index contributed by atoms with van der Waals surface area (Å²) >= 11 is 0. The summed E-state index contributed by atoms with van der Waals surface area (Å²) in [6.07, 6.45) is 3.61. The summed E-state index contributed by atoms with van der Waals surface area (Å²) in [5.74, 6) is 0.294. The fraction of sp³-hybridized carbons (Fsp3) is 0.812. The highest BCUT2D eigenvalue weighted by atomic mass is 16.2. The van der Waals surface area contributed by atoms with Crippen molar-refractivity contribution >= 4 is 5.91 Å². The molecule has 1 N–H and O–H groups in total. The van der Waals surface area contributed by atoms with Gasteiger partial charge in [-0.3, -0.25) is 4.79 Å². The highest BCUT2D eigenvalue weighted by Crippen LogP contribution is 2.52. The molecular formula is C16H26N2O. The van der Waals surface area contributed by atoms with Crippen LogP contribution in [-0.2, 0) is 4.79 Å². The number of amides is 1. The molecule has 2 aliphatic heterocycles. The zero-order chi connectivity index (χ0) is 13.8. The lowest BCUT2D eigenvalue weighted by Gasteiger charge is -2.39. The number of fused-ring (bicyclic) bond motifs is 2. The number of nitrogens with zero attached hydrogens (tertiary/aromatic N) is 1. The average Bonchev–Trinajstić information content (AvgIpc) is 2.43. The molecule has 106 valence electrons. The fourth-order valence-electron chi connectivity index (χ4n) is 4.58. The summed E-state index contributed by atoms with van der Waals surface area (Å²) in [6.45, 7) is 11.8. The number of likely N-dealkylation sites (tertiary alicyclic amines) is 1. The van der Waals surface area contributed by atoms with Crippen LogP contribution in [0.15, 0.2) is 11.1 Å². The van der Waals surface area contributed by atoms with Crippen molar-refractivity contribution in [3.63, 3.8) is 0 Å². The fourth-order valence-corrected chi connectivity index (χ4v) is 4.58. The maximum Gasteiger partial charge on any atom is 0.249 e. The molecule has 2 saturated heterocycles. The van der Waals surface area contributed by atoms with Crippen LogP contribution in [0.1, 0.15) is 47.0 Å². The first-order valence-electron chi connectivity index (χ1n) is 7.50. The molecule has 19 heavy (non-hydrogen) atoms. The predicted molar refractivity (Wildman–Crippen MR) is 76.8 cm³/mol. The zero-order valence-corrected chi connectivity index (χ0v) is 12.7. The minimum Gasteiger partial charge on any atom is -0.335 e. The van der Waals surface area contributed by atoms with E-state index in [0.717, 1.165) is 31.6 Å². The van der Waals surface area contributed by atoms with Crippen molar-refractivity contribution in [3.8, 4) is 0 Å². The summed E-state index contributed by atoms with van der Waals surface area (Å²) < 4.78 is 0. The summed E-state index contributed by atoms with van der Waals surface area (Å²) in [5.41, 5.74) is 3.01. The maximum atomic E-state index is 12.7. The molecule has 2 bridgehead atoms. The van der Waals surface area contributed by atoms with Crippen molar-refractivity contribution in [2.24, 2.45) is 10.8 Å². The highest BCUT2D eigenvalue weighted by Gasteiger charge is 2.51. The van der Waals surface area contributed by atoms with Crippen LogP contribution >= 0.6 is 0 Å². The Morgan fingerprint density at radius 1 is 1.26 bits per heavy atom. The molecule has 0 aromatic carbocycles. The van der Waals surface area contributed by atoms with Gasteiger partial charge in [-0.1, -0.05) is 20.8 Å². The SMILES string of the molecule is CC(C(=O)N1CC2(C)CC1CC(C)(C)C2)=C1CNC1. The Hall–Kier alpha value is -0.830. The quantitative estimate of drug-likeness (QED) is 0.736. The zero-order valence-electron chi connectivity index (χ0n) is 12.7. The minimum absolute atomic E-state index is 0.294. The van der Waals surface area contributed by atoms with Gasteiger partial charge in [0.1, 0.15) is 0 Å². The average molecular weight is 262 g/mol. The molecule has 2 heterocycles. The van der Waals surface area contributed by atoms with Gasteiger partial charge in [-0.15, -0.1) is 0 Å². The Morgan fingerprint density at radius 3 is 2.53 bits per heavy atom. The van der Waals surface area contributed by atoms with Crippen molar-refractivity contribution in [3.05, 3.63) is 11.1 Å². The molecule has 0 radical (unpaired) electrons. The van der Waals surface area contributed by atoms with Crippen molar-refractivity contribution in [2.75, 3.05) is 19.6 Å². The van der Waals surface area contributed by atoms with E-state index in [1.165, 1.54) is 18.4 Å². The molecule has 2 unspecified atom stereocenters. The van der Waals surface area contributed by atoms with E-state index in [0.29, 0.717) is 22.8 Å². The Balaban J connectivity index is 1.82. The second kappa shape index (κ2) is 4.08. The van der Waals surface area contributed by atoms with Gasteiger partial charge in [0, 0.05) is 31.2 Å². The molecule has 2 atom stereocenters. The standard InChI is InChI=1S/C16H26N2O/c1-11(12-7-17-8-12)14(19)18-10-16(4)6-13(18)5-15(2,3)9-16/h13,17H,5-10H2,1-4H3. The first-order chi connectivity index (χ1) is 8.80. The molecule has 0 aromatic heterocycles. The van der Waals surface area contributed by atoms with Gasteiger partial charge in [-0.05, 0) is 42.6 Å². The monoisotopic (exact) mass is 262 g/mol. The number of hydrogen-bond donors (Lipinski definition) is 1. The first kappa shape index (κ1) is 13.2. The number of carbonyl (C=O) groups excluding carboxylic acids is 1. The van der Waals surface area contributed by atoms with Crippen LogP contribution in [0, 0.1) is 10.8 Å². The predicted octanol–water partition coefficient (Wildman–Crippen LogP) is 2.33. The molecule has 3 nitrogen and oxygen atoms in total. The molecule has 1 aliphatic carbocycles. The van der Waals surface area contributed by atoms with Gasteiger partial charge in [-0.2, -0.15) is 0 Å². The van der Waals surface area contributed by atoms with Gasteiger partial charge in [0.15, 0.2) is 0 Å². The maximum absolute atomic E-state index is 12.7. The molecule has 0 aromatic rings. The van der Waals surface area contributed by atoms with E-state index in [9.17, 15) is 4.79 Å². The van der Waals surface area contributed by atoms with E-state index >= 15 is 0 Å². The van der Waals surface area contributed by atoms with Crippen LogP contribution < -0.4 is 5.32 Å². The highest BCUT2D eigenvalue weighted by molar-refractivity contribution is 5.94. The smallest absolute Gasteiger partial charge is 0.249 e. The second-order valence-corrected chi connectivity index (χ2v) is 7.98. The van der Waals surface area contributed by atoms with Crippen LogP contribution in [0.25, 0.3) is 0 Å². The summed E-state index contributed by atoms with van der Waals surface area (Å²) in [5, 5.41) is 3.23. The third-order valence-corrected chi connectivity index (χ3v) is 5.20. The second-order valence-electron chi connectivity index (χ2n) is 7.98. The molecule has 1 amide bonds. The lowest BCUT2D eigenvalue weighted by molar-refractivity contribution is -0.128.